The minimum atomic E-state index is 0.650. The molecule has 2 aliphatic rings. The van der Waals surface area contributed by atoms with Gasteiger partial charge in [0.05, 0.1) is 6.61 Å². The van der Waals surface area contributed by atoms with Crippen molar-refractivity contribution >= 4 is 0 Å². The number of rotatable bonds is 5. The minimum absolute atomic E-state index is 0.650. The lowest BCUT2D eigenvalue weighted by molar-refractivity contribution is 0.186. The van der Waals surface area contributed by atoms with Crippen LogP contribution in [0.15, 0.2) is 0 Å². The zero-order valence-corrected chi connectivity index (χ0v) is 8.59. The molecule has 13 heavy (non-hydrogen) atoms. The molecule has 76 valence electrons. The van der Waals surface area contributed by atoms with E-state index in [-0.39, 0.29) is 0 Å². The lowest BCUT2D eigenvalue weighted by Gasteiger charge is -2.21. The highest BCUT2D eigenvalue weighted by Crippen LogP contribution is 2.34. The average Bonchev–Trinajstić information content (AvgIpc) is 2.85. The van der Waals surface area contributed by atoms with Crippen molar-refractivity contribution in [2.24, 2.45) is 5.92 Å². The topological polar surface area (TPSA) is 21.3 Å². The van der Waals surface area contributed by atoms with E-state index in [1.807, 2.05) is 0 Å². The van der Waals surface area contributed by atoms with Crippen molar-refractivity contribution in [2.45, 2.75) is 51.1 Å². The van der Waals surface area contributed by atoms with E-state index in [4.69, 9.17) is 4.74 Å². The van der Waals surface area contributed by atoms with Crippen molar-refractivity contribution in [3.63, 3.8) is 0 Å². The molecular weight excluding hydrogens is 162 g/mol. The van der Waals surface area contributed by atoms with Crippen molar-refractivity contribution < 1.29 is 4.74 Å². The van der Waals surface area contributed by atoms with Gasteiger partial charge >= 0.3 is 0 Å². The molecule has 0 aromatic rings. The monoisotopic (exact) mass is 183 g/mol. The second-order valence-corrected chi connectivity index (χ2v) is 4.46. The highest BCUT2D eigenvalue weighted by atomic mass is 16.5. The fourth-order valence-electron chi connectivity index (χ4n) is 2.23. The van der Waals surface area contributed by atoms with Crippen LogP contribution in [0.3, 0.4) is 0 Å². The summed E-state index contributed by atoms with van der Waals surface area (Å²) in [7, 11) is 0. The second kappa shape index (κ2) is 4.43. The number of nitrogens with one attached hydrogen (secondary N) is 1. The number of ether oxygens (including phenoxy) is 1. The van der Waals surface area contributed by atoms with Crippen LogP contribution in [-0.2, 0) is 4.74 Å². The Morgan fingerprint density at radius 2 is 2.23 bits per heavy atom. The average molecular weight is 183 g/mol. The molecule has 1 saturated carbocycles. The van der Waals surface area contributed by atoms with Gasteiger partial charge in [-0.15, -0.1) is 0 Å². The van der Waals surface area contributed by atoms with E-state index in [1.165, 1.54) is 32.1 Å². The summed E-state index contributed by atoms with van der Waals surface area (Å²) >= 11 is 0. The van der Waals surface area contributed by atoms with Crippen LogP contribution in [0.25, 0.3) is 0 Å². The lowest BCUT2D eigenvalue weighted by atomic mass is 10.1. The Balaban J connectivity index is 1.74. The molecule has 0 radical (unpaired) electrons. The predicted octanol–water partition coefficient (Wildman–Crippen LogP) is 1.94. The van der Waals surface area contributed by atoms with Gasteiger partial charge in [0.25, 0.3) is 0 Å². The van der Waals surface area contributed by atoms with Crippen LogP contribution in [0.5, 0.6) is 0 Å². The first-order valence-corrected chi connectivity index (χ1v) is 5.74. The van der Waals surface area contributed by atoms with E-state index in [0.717, 1.165) is 25.2 Å². The van der Waals surface area contributed by atoms with Crippen molar-refractivity contribution in [1.82, 2.24) is 5.32 Å². The van der Waals surface area contributed by atoms with Crippen LogP contribution < -0.4 is 5.32 Å². The van der Waals surface area contributed by atoms with Crippen LogP contribution in [0.1, 0.15) is 39.0 Å². The summed E-state index contributed by atoms with van der Waals surface area (Å²) in [6, 6.07) is 1.44. The minimum Gasteiger partial charge on any atom is -0.380 e. The van der Waals surface area contributed by atoms with Crippen molar-refractivity contribution in [3.05, 3.63) is 0 Å². The smallest absolute Gasteiger partial charge is 0.0620 e. The molecule has 1 heterocycles. The fourth-order valence-corrected chi connectivity index (χ4v) is 2.23. The molecule has 1 aliphatic heterocycles. The van der Waals surface area contributed by atoms with Gasteiger partial charge in [0.1, 0.15) is 0 Å². The van der Waals surface area contributed by atoms with Gasteiger partial charge in [-0.3, -0.25) is 0 Å². The summed E-state index contributed by atoms with van der Waals surface area (Å²) in [6.07, 6.45) is 6.77. The van der Waals surface area contributed by atoms with Gasteiger partial charge in [-0.1, -0.05) is 13.3 Å². The molecule has 0 aromatic carbocycles. The van der Waals surface area contributed by atoms with E-state index in [1.54, 1.807) is 0 Å². The highest BCUT2D eigenvalue weighted by Gasteiger charge is 2.32. The molecule has 2 fully saturated rings. The van der Waals surface area contributed by atoms with Crippen LogP contribution >= 0.6 is 0 Å². The Bertz CT molecular complexity index is 150. The summed E-state index contributed by atoms with van der Waals surface area (Å²) in [5.74, 6) is 0.987. The number of hydrogen-bond donors (Lipinski definition) is 1. The first-order chi connectivity index (χ1) is 6.40. The van der Waals surface area contributed by atoms with Gasteiger partial charge in [0.2, 0.25) is 0 Å². The van der Waals surface area contributed by atoms with E-state index < -0.39 is 0 Å². The molecule has 1 aliphatic carbocycles. The van der Waals surface area contributed by atoms with E-state index in [0.29, 0.717) is 6.04 Å². The summed E-state index contributed by atoms with van der Waals surface area (Å²) in [5.41, 5.74) is 0. The van der Waals surface area contributed by atoms with Crippen molar-refractivity contribution in [2.75, 3.05) is 13.2 Å². The molecule has 2 nitrogen and oxygen atoms in total. The van der Waals surface area contributed by atoms with E-state index in [2.05, 4.69) is 12.2 Å². The van der Waals surface area contributed by atoms with E-state index in [9.17, 15) is 0 Å². The molecule has 0 bridgehead atoms. The molecule has 2 atom stereocenters. The third-order valence-electron chi connectivity index (χ3n) is 3.17. The molecule has 0 amide bonds. The second-order valence-electron chi connectivity index (χ2n) is 4.46. The van der Waals surface area contributed by atoms with Gasteiger partial charge in [-0.05, 0) is 31.6 Å². The Labute approximate surface area is 81.0 Å². The molecule has 1 saturated heterocycles. The van der Waals surface area contributed by atoms with Crippen molar-refractivity contribution in [1.29, 1.82) is 0 Å². The van der Waals surface area contributed by atoms with Crippen molar-refractivity contribution in [3.8, 4) is 0 Å². The predicted molar refractivity (Wildman–Crippen MR) is 53.8 cm³/mol. The molecule has 1 N–H and O–H groups in total. The standard InChI is InChI=1S/C11H21NO/c1-2-3-11(9-4-5-9)12-10-6-7-13-8-10/h9-12H,2-8H2,1H3. The highest BCUT2D eigenvalue weighted by molar-refractivity contribution is 4.88. The maximum absolute atomic E-state index is 5.37. The quantitative estimate of drug-likeness (QED) is 0.703. The SMILES string of the molecule is CCCC(NC1CCOC1)C1CC1. The Morgan fingerprint density at radius 3 is 2.77 bits per heavy atom. The largest absolute Gasteiger partial charge is 0.380 e. The van der Waals surface area contributed by atoms with Crippen LogP contribution in [0, 0.1) is 5.92 Å². The summed E-state index contributed by atoms with van der Waals surface area (Å²) in [6.45, 7) is 4.18. The fraction of sp³-hybridized carbons (Fsp3) is 1.00. The normalized spacial score (nSPS) is 30.7. The summed E-state index contributed by atoms with van der Waals surface area (Å²) in [5, 5.41) is 3.75. The van der Waals surface area contributed by atoms with Gasteiger partial charge in [0, 0.05) is 18.7 Å². The zero-order valence-electron chi connectivity index (χ0n) is 8.59. The maximum atomic E-state index is 5.37. The summed E-state index contributed by atoms with van der Waals surface area (Å²) in [4.78, 5) is 0. The molecule has 0 aromatic heterocycles. The first-order valence-electron chi connectivity index (χ1n) is 5.74. The third kappa shape index (κ3) is 2.68. The van der Waals surface area contributed by atoms with Gasteiger partial charge in [-0.25, -0.2) is 0 Å². The number of hydrogen-bond acceptors (Lipinski definition) is 2. The third-order valence-corrected chi connectivity index (χ3v) is 3.17. The molecule has 2 unspecified atom stereocenters. The first kappa shape index (κ1) is 9.47. The van der Waals surface area contributed by atoms with E-state index >= 15 is 0 Å². The Morgan fingerprint density at radius 1 is 1.38 bits per heavy atom. The van der Waals surface area contributed by atoms with Crippen LogP contribution in [0.2, 0.25) is 0 Å². The van der Waals surface area contributed by atoms with Gasteiger partial charge in [-0.2, -0.15) is 0 Å². The van der Waals surface area contributed by atoms with Gasteiger partial charge in [0.15, 0.2) is 0 Å². The maximum Gasteiger partial charge on any atom is 0.0620 e. The Hall–Kier alpha value is -0.0800. The molecule has 0 spiro atoms. The molecular formula is C11H21NO. The van der Waals surface area contributed by atoms with Crippen LogP contribution in [-0.4, -0.2) is 25.3 Å². The molecule has 2 rings (SSSR count). The Kier molecular flexibility index (Phi) is 3.23. The molecule has 2 heteroatoms. The summed E-state index contributed by atoms with van der Waals surface area (Å²) < 4.78 is 5.37. The van der Waals surface area contributed by atoms with Crippen LogP contribution in [0.4, 0.5) is 0 Å². The zero-order chi connectivity index (χ0) is 9.10. The lowest BCUT2D eigenvalue weighted by Crippen LogP contribution is -2.39. The van der Waals surface area contributed by atoms with Gasteiger partial charge < -0.3 is 10.1 Å².